The van der Waals surface area contributed by atoms with E-state index in [-0.39, 0.29) is 11.8 Å². The second kappa shape index (κ2) is 4.98. The highest BCUT2D eigenvalue weighted by Crippen LogP contribution is 2.33. The Morgan fingerprint density at radius 3 is 2.70 bits per heavy atom. The fraction of sp³-hybridized carbons (Fsp3) is 0.0667. The maximum atomic E-state index is 12.1. The summed E-state index contributed by atoms with van der Waals surface area (Å²) in [4.78, 5) is 23.4. The molecule has 1 heterocycles. The van der Waals surface area contributed by atoms with Crippen molar-refractivity contribution in [2.75, 3.05) is 10.6 Å². The van der Waals surface area contributed by atoms with E-state index in [2.05, 4.69) is 10.6 Å². The zero-order valence-corrected chi connectivity index (χ0v) is 11.2. The first-order valence-corrected chi connectivity index (χ1v) is 6.50. The molecule has 2 aromatic carbocycles. The number of benzene rings is 2. The van der Waals surface area contributed by atoms with Gasteiger partial charge < -0.3 is 10.6 Å². The molecule has 4 nitrogen and oxygen atoms in total. The predicted octanol–water partition coefficient (Wildman–Crippen LogP) is 3.09. The van der Waals surface area contributed by atoms with Crippen LogP contribution in [0.25, 0.3) is 0 Å². The van der Waals surface area contributed by atoms with Crippen LogP contribution in [0.2, 0.25) is 5.02 Å². The van der Waals surface area contributed by atoms with Crippen molar-refractivity contribution < 1.29 is 9.59 Å². The van der Waals surface area contributed by atoms with Crippen LogP contribution in [0.1, 0.15) is 15.9 Å². The first-order valence-electron chi connectivity index (χ1n) is 6.12. The van der Waals surface area contributed by atoms with Gasteiger partial charge in [-0.2, -0.15) is 0 Å². The number of carbonyl (C=O) groups excluding carboxylic acids is 2. The third-order valence-corrected chi connectivity index (χ3v) is 3.41. The summed E-state index contributed by atoms with van der Waals surface area (Å²) >= 11 is 6.12. The van der Waals surface area contributed by atoms with E-state index in [4.69, 9.17) is 11.6 Å². The number of fused-ring (bicyclic) bond motifs is 1. The largest absolute Gasteiger partial charge is 0.325 e. The molecule has 0 bridgehead atoms. The maximum Gasteiger partial charge on any atom is 0.255 e. The van der Waals surface area contributed by atoms with Gasteiger partial charge in [-0.3, -0.25) is 9.59 Å². The third-order valence-electron chi connectivity index (χ3n) is 3.10. The molecule has 3 rings (SSSR count). The average Bonchev–Trinajstić information content (AvgIpc) is 2.79. The van der Waals surface area contributed by atoms with Gasteiger partial charge in [-0.05, 0) is 29.8 Å². The van der Waals surface area contributed by atoms with Crippen LogP contribution in [0, 0.1) is 0 Å². The molecule has 2 amide bonds. The van der Waals surface area contributed by atoms with Crippen LogP contribution < -0.4 is 10.6 Å². The zero-order valence-electron chi connectivity index (χ0n) is 10.4. The maximum absolute atomic E-state index is 12.1. The fourth-order valence-electron chi connectivity index (χ4n) is 2.13. The normalized spacial score (nSPS) is 12.8. The Bertz CT molecular complexity index is 699. The minimum atomic E-state index is -0.232. The number of anilines is 2. The summed E-state index contributed by atoms with van der Waals surface area (Å²) in [6.07, 6.45) is 0.306. The van der Waals surface area contributed by atoms with E-state index in [1.165, 1.54) is 0 Å². The zero-order chi connectivity index (χ0) is 14.1. The number of rotatable bonds is 2. The van der Waals surface area contributed by atoms with E-state index in [0.717, 1.165) is 5.56 Å². The van der Waals surface area contributed by atoms with E-state index >= 15 is 0 Å². The molecule has 2 aromatic rings. The molecular weight excluding hydrogens is 276 g/mol. The number of carbonyl (C=O) groups is 2. The van der Waals surface area contributed by atoms with Crippen molar-refractivity contribution in [2.45, 2.75) is 6.42 Å². The summed E-state index contributed by atoms with van der Waals surface area (Å²) in [6.45, 7) is 0. The molecule has 0 atom stereocenters. The van der Waals surface area contributed by atoms with Crippen molar-refractivity contribution >= 4 is 34.8 Å². The predicted molar refractivity (Wildman–Crippen MR) is 78.2 cm³/mol. The Morgan fingerprint density at radius 2 is 1.95 bits per heavy atom. The van der Waals surface area contributed by atoms with Crippen molar-refractivity contribution in [3.05, 3.63) is 58.6 Å². The van der Waals surface area contributed by atoms with Crippen molar-refractivity contribution in [1.29, 1.82) is 0 Å². The lowest BCUT2D eigenvalue weighted by Crippen LogP contribution is -2.12. The third kappa shape index (κ3) is 2.38. The monoisotopic (exact) mass is 286 g/mol. The summed E-state index contributed by atoms with van der Waals surface area (Å²) in [5, 5.41) is 5.87. The van der Waals surface area contributed by atoms with Gasteiger partial charge in [0.2, 0.25) is 5.91 Å². The molecule has 20 heavy (non-hydrogen) atoms. The Labute approximate surface area is 120 Å². The first kappa shape index (κ1) is 12.7. The molecule has 100 valence electrons. The molecule has 0 aliphatic carbocycles. The Hall–Kier alpha value is -2.33. The van der Waals surface area contributed by atoms with E-state index in [1.807, 2.05) is 6.07 Å². The van der Waals surface area contributed by atoms with Crippen LogP contribution in [0.4, 0.5) is 11.4 Å². The summed E-state index contributed by atoms with van der Waals surface area (Å²) < 4.78 is 0. The summed E-state index contributed by atoms with van der Waals surface area (Å²) in [6, 6.07) is 12.3. The minimum absolute atomic E-state index is 0.0670. The number of hydrogen-bond donors (Lipinski definition) is 2. The number of hydrogen-bond acceptors (Lipinski definition) is 2. The Morgan fingerprint density at radius 1 is 1.20 bits per heavy atom. The number of halogens is 1. The molecule has 2 N–H and O–H groups in total. The molecule has 0 radical (unpaired) electrons. The van der Waals surface area contributed by atoms with Crippen molar-refractivity contribution in [3.63, 3.8) is 0 Å². The van der Waals surface area contributed by atoms with Gasteiger partial charge in [0.15, 0.2) is 0 Å². The van der Waals surface area contributed by atoms with Gasteiger partial charge in [-0.25, -0.2) is 0 Å². The van der Waals surface area contributed by atoms with Crippen molar-refractivity contribution in [3.8, 4) is 0 Å². The summed E-state index contributed by atoms with van der Waals surface area (Å²) in [5.41, 5.74) is 2.61. The lowest BCUT2D eigenvalue weighted by molar-refractivity contribution is -0.115. The molecule has 0 saturated carbocycles. The van der Waals surface area contributed by atoms with Crippen LogP contribution >= 0.6 is 11.6 Å². The molecule has 0 saturated heterocycles. The van der Waals surface area contributed by atoms with Gasteiger partial charge in [0, 0.05) is 11.3 Å². The van der Waals surface area contributed by atoms with Crippen LogP contribution in [0.15, 0.2) is 42.5 Å². The highest BCUT2D eigenvalue weighted by atomic mass is 35.5. The molecule has 1 aliphatic rings. The van der Waals surface area contributed by atoms with Gasteiger partial charge in [-0.1, -0.05) is 29.8 Å². The van der Waals surface area contributed by atoms with E-state index in [1.54, 1.807) is 36.4 Å². The van der Waals surface area contributed by atoms with E-state index < -0.39 is 0 Å². The van der Waals surface area contributed by atoms with Gasteiger partial charge in [0.05, 0.1) is 17.1 Å². The SMILES string of the molecule is O=C1Cc2cc(NC(=O)c3ccccc3)c(Cl)cc2N1. The summed E-state index contributed by atoms with van der Waals surface area (Å²) in [5.74, 6) is -0.299. The lowest BCUT2D eigenvalue weighted by Gasteiger charge is -2.09. The highest BCUT2D eigenvalue weighted by molar-refractivity contribution is 6.34. The first-order chi connectivity index (χ1) is 9.63. The molecule has 0 spiro atoms. The topological polar surface area (TPSA) is 58.2 Å². The molecule has 1 aliphatic heterocycles. The second-order valence-corrected chi connectivity index (χ2v) is 4.94. The molecule has 0 aromatic heterocycles. The van der Waals surface area contributed by atoms with E-state index in [0.29, 0.717) is 28.4 Å². The second-order valence-electron chi connectivity index (χ2n) is 4.53. The standard InChI is InChI=1S/C15H11ClN2O2/c16-11-8-12-10(7-14(19)17-12)6-13(11)18-15(20)9-4-2-1-3-5-9/h1-6,8H,7H2,(H,17,19)(H,18,20). The molecule has 0 unspecified atom stereocenters. The van der Waals surface area contributed by atoms with Gasteiger partial charge >= 0.3 is 0 Å². The smallest absolute Gasteiger partial charge is 0.255 e. The van der Waals surface area contributed by atoms with Gasteiger partial charge in [-0.15, -0.1) is 0 Å². The highest BCUT2D eigenvalue weighted by Gasteiger charge is 2.20. The van der Waals surface area contributed by atoms with Gasteiger partial charge in [0.1, 0.15) is 0 Å². The average molecular weight is 287 g/mol. The molecule has 0 fully saturated rings. The van der Waals surface area contributed by atoms with Gasteiger partial charge in [0.25, 0.3) is 5.91 Å². The van der Waals surface area contributed by atoms with Crippen LogP contribution in [0.5, 0.6) is 0 Å². The lowest BCUT2D eigenvalue weighted by atomic mass is 10.1. The van der Waals surface area contributed by atoms with E-state index in [9.17, 15) is 9.59 Å². The van der Waals surface area contributed by atoms with Crippen molar-refractivity contribution in [2.24, 2.45) is 0 Å². The fourth-order valence-corrected chi connectivity index (χ4v) is 2.34. The van der Waals surface area contributed by atoms with Crippen LogP contribution in [0.3, 0.4) is 0 Å². The van der Waals surface area contributed by atoms with Crippen LogP contribution in [-0.4, -0.2) is 11.8 Å². The van der Waals surface area contributed by atoms with Crippen LogP contribution in [-0.2, 0) is 11.2 Å². The summed E-state index contributed by atoms with van der Waals surface area (Å²) in [7, 11) is 0. The van der Waals surface area contributed by atoms with Crippen molar-refractivity contribution in [1.82, 2.24) is 0 Å². The number of nitrogens with one attached hydrogen (secondary N) is 2. The quantitative estimate of drug-likeness (QED) is 0.891. The Kier molecular flexibility index (Phi) is 3.16. The Balaban J connectivity index is 1.87. The molecule has 5 heteroatoms. The molecular formula is C15H11ClN2O2. The minimum Gasteiger partial charge on any atom is -0.325 e. The number of amides is 2.